The average molecular weight is 426 g/mol. The molecule has 4 nitrogen and oxygen atoms in total. The van der Waals surface area contributed by atoms with Crippen LogP contribution in [0, 0.1) is 0 Å². The second kappa shape index (κ2) is 17.6. The van der Waals surface area contributed by atoms with Gasteiger partial charge in [-0.2, -0.15) is 0 Å². The van der Waals surface area contributed by atoms with Gasteiger partial charge < -0.3 is 9.80 Å². The summed E-state index contributed by atoms with van der Waals surface area (Å²) in [4.78, 5) is 27.4. The van der Waals surface area contributed by atoms with Crippen molar-refractivity contribution in [3.05, 3.63) is 0 Å². The predicted octanol–water partition coefficient (Wildman–Crippen LogP) is 5.64. The minimum absolute atomic E-state index is 0. The number of carbonyl (C=O) groups is 2. The fourth-order valence-corrected chi connectivity index (χ4v) is 3.26. The summed E-state index contributed by atoms with van der Waals surface area (Å²) in [6.07, 6.45) is 5.61. The molecule has 163 valence electrons. The first-order chi connectivity index (χ1) is 12.0. The van der Waals surface area contributed by atoms with Crippen LogP contribution < -0.4 is 0 Å². The molecule has 5 heteroatoms. The number of carbonyl (C=O) groups excluding carboxylic acids is 2. The molecule has 0 heterocycles. The monoisotopic (exact) mass is 425 g/mol. The summed E-state index contributed by atoms with van der Waals surface area (Å²) in [6, 6.07) is 1.29. The minimum Gasteiger partial charge on any atom is -0.338 e. The van der Waals surface area contributed by atoms with E-state index in [0.717, 1.165) is 25.7 Å². The van der Waals surface area contributed by atoms with Crippen molar-refractivity contribution < 1.29 is 26.7 Å². The standard InChI is InChI=1S/2C11H23NO.Mn/c2*1-6-7-8-11(13)12(9(2)3)10(4)5;/h2*9-10H,6-8H2,1-5H3;. The van der Waals surface area contributed by atoms with Crippen LogP contribution in [-0.4, -0.2) is 45.8 Å². The Labute approximate surface area is 180 Å². The minimum atomic E-state index is 0. The number of hydrogen-bond donors (Lipinski definition) is 0. The Bertz CT molecular complexity index is 331. The number of nitrogens with zero attached hydrogens (tertiary/aromatic N) is 2. The summed E-state index contributed by atoms with van der Waals surface area (Å²) in [5.41, 5.74) is 0. The van der Waals surface area contributed by atoms with Gasteiger partial charge in [0.05, 0.1) is 0 Å². The molecule has 0 aliphatic heterocycles. The van der Waals surface area contributed by atoms with E-state index in [9.17, 15) is 9.59 Å². The van der Waals surface area contributed by atoms with E-state index in [2.05, 4.69) is 69.2 Å². The van der Waals surface area contributed by atoms with Gasteiger partial charge in [-0.3, -0.25) is 9.59 Å². The van der Waals surface area contributed by atoms with E-state index in [0.29, 0.717) is 48.8 Å². The maximum absolute atomic E-state index is 11.7. The second-order valence-electron chi connectivity index (χ2n) is 8.18. The molecule has 0 aliphatic rings. The summed E-state index contributed by atoms with van der Waals surface area (Å²) >= 11 is 0. The third kappa shape index (κ3) is 14.2. The van der Waals surface area contributed by atoms with E-state index >= 15 is 0 Å². The molecule has 0 unspecified atom stereocenters. The molecule has 0 aromatic carbocycles. The van der Waals surface area contributed by atoms with Crippen LogP contribution in [-0.2, 0) is 26.7 Å². The van der Waals surface area contributed by atoms with Crippen molar-refractivity contribution in [1.82, 2.24) is 9.80 Å². The molecule has 2 amide bonds. The molecule has 0 spiro atoms. The van der Waals surface area contributed by atoms with Crippen molar-refractivity contribution >= 4 is 11.8 Å². The fourth-order valence-electron chi connectivity index (χ4n) is 3.26. The summed E-state index contributed by atoms with van der Waals surface area (Å²) in [7, 11) is 0. The van der Waals surface area contributed by atoms with E-state index in [1.165, 1.54) is 0 Å². The molecule has 0 bridgehead atoms. The number of unbranched alkanes of at least 4 members (excludes halogenated alkanes) is 2. The maximum atomic E-state index is 11.7. The Morgan fingerprint density at radius 1 is 0.593 bits per heavy atom. The Morgan fingerprint density at radius 2 is 0.815 bits per heavy atom. The second-order valence-corrected chi connectivity index (χ2v) is 8.18. The quantitative estimate of drug-likeness (QED) is 0.425. The molecule has 0 aliphatic carbocycles. The van der Waals surface area contributed by atoms with Gasteiger partial charge in [-0.05, 0) is 68.2 Å². The summed E-state index contributed by atoms with van der Waals surface area (Å²) in [5, 5.41) is 0. The largest absolute Gasteiger partial charge is 0.338 e. The predicted molar refractivity (Wildman–Crippen MR) is 113 cm³/mol. The van der Waals surface area contributed by atoms with Crippen molar-refractivity contribution in [2.24, 2.45) is 0 Å². The van der Waals surface area contributed by atoms with Crippen LogP contribution >= 0.6 is 0 Å². The molecule has 0 aromatic rings. The maximum Gasteiger partial charge on any atom is 0.223 e. The van der Waals surface area contributed by atoms with E-state index in [1.807, 2.05) is 9.80 Å². The van der Waals surface area contributed by atoms with Crippen LogP contribution in [0.15, 0.2) is 0 Å². The zero-order valence-electron chi connectivity index (χ0n) is 19.6. The summed E-state index contributed by atoms with van der Waals surface area (Å²) in [6.45, 7) is 20.8. The SMILES string of the molecule is CCCCC(=O)N(C(C)C)C(C)C.CCCCC(=O)N(C(C)C)C(C)C.[Mn]. The van der Waals surface area contributed by atoms with Gasteiger partial charge in [0.25, 0.3) is 0 Å². The van der Waals surface area contributed by atoms with E-state index in [4.69, 9.17) is 0 Å². The third-order valence-electron chi connectivity index (χ3n) is 4.29. The van der Waals surface area contributed by atoms with Crippen molar-refractivity contribution in [2.75, 3.05) is 0 Å². The normalized spacial score (nSPS) is 10.6. The van der Waals surface area contributed by atoms with E-state index in [1.54, 1.807) is 0 Å². The van der Waals surface area contributed by atoms with Gasteiger partial charge in [0.1, 0.15) is 0 Å². The Balaban J connectivity index is -0.000000411. The van der Waals surface area contributed by atoms with Crippen molar-refractivity contribution in [3.63, 3.8) is 0 Å². The summed E-state index contributed by atoms with van der Waals surface area (Å²) < 4.78 is 0. The molecule has 0 saturated carbocycles. The average Bonchev–Trinajstić information content (AvgIpc) is 2.50. The molecular weight excluding hydrogens is 379 g/mol. The van der Waals surface area contributed by atoms with Crippen LogP contribution in [0.4, 0.5) is 0 Å². The van der Waals surface area contributed by atoms with Crippen LogP contribution in [0.2, 0.25) is 0 Å². The Morgan fingerprint density at radius 3 is 0.963 bits per heavy atom. The van der Waals surface area contributed by atoms with Gasteiger partial charge in [-0.1, -0.05) is 26.7 Å². The van der Waals surface area contributed by atoms with Crippen molar-refractivity contribution in [3.8, 4) is 0 Å². The van der Waals surface area contributed by atoms with Gasteiger partial charge in [-0.15, -0.1) is 0 Å². The zero-order chi connectivity index (χ0) is 20.9. The van der Waals surface area contributed by atoms with E-state index < -0.39 is 0 Å². The molecule has 0 N–H and O–H groups in total. The number of hydrogen-bond acceptors (Lipinski definition) is 2. The smallest absolute Gasteiger partial charge is 0.223 e. The Hall–Kier alpha value is -0.541. The molecule has 27 heavy (non-hydrogen) atoms. The number of rotatable bonds is 10. The molecule has 0 atom stereocenters. The van der Waals surface area contributed by atoms with Crippen LogP contribution in [0.25, 0.3) is 0 Å². The van der Waals surface area contributed by atoms with Gasteiger partial charge in [0, 0.05) is 54.1 Å². The van der Waals surface area contributed by atoms with E-state index in [-0.39, 0.29) is 17.1 Å². The topological polar surface area (TPSA) is 40.6 Å². The van der Waals surface area contributed by atoms with Gasteiger partial charge in [0.2, 0.25) is 11.8 Å². The third-order valence-corrected chi connectivity index (χ3v) is 4.29. The first kappa shape index (κ1) is 31.2. The van der Waals surface area contributed by atoms with Gasteiger partial charge >= 0.3 is 0 Å². The first-order valence-corrected chi connectivity index (χ1v) is 10.6. The van der Waals surface area contributed by atoms with Crippen LogP contribution in [0.1, 0.15) is 108 Å². The first-order valence-electron chi connectivity index (χ1n) is 10.6. The molecule has 0 aromatic heterocycles. The van der Waals surface area contributed by atoms with Crippen molar-refractivity contribution in [2.45, 2.75) is 132 Å². The van der Waals surface area contributed by atoms with Gasteiger partial charge in [0.15, 0.2) is 0 Å². The zero-order valence-corrected chi connectivity index (χ0v) is 20.8. The number of amides is 2. The molecular formula is C22H46MnN2O2. The summed E-state index contributed by atoms with van der Waals surface area (Å²) in [5.74, 6) is 0.596. The van der Waals surface area contributed by atoms with Crippen LogP contribution in [0.5, 0.6) is 0 Å². The molecule has 0 fully saturated rings. The molecule has 0 rings (SSSR count). The van der Waals surface area contributed by atoms with Gasteiger partial charge in [-0.25, -0.2) is 0 Å². The fraction of sp³-hybridized carbons (Fsp3) is 0.909. The van der Waals surface area contributed by atoms with Crippen LogP contribution in [0.3, 0.4) is 0 Å². The molecule has 0 saturated heterocycles. The Kier molecular flexibility index (Phi) is 20.3. The molecule has 1 radical (unpaired) electrons. The van der Waals surface area contributed by atoms with Crippen molar-refractivity contribution in [1.29, 1.82) is 0 Å².